The summed E-state index contributed by atoms with van der Waals surface area (Å²) in [5.74, 6) is 1.44. The summed E-state index contributed by atoms with van der Waals surface area (Å²) in [6.07, 6.45) is -5.71. The van der Waals surface area contributed by atoms with Crippen LogP contribution in [0.15, 0.2) is 36.4 Å². The van der Waals surface area contributed by atoms with Crippen LogP contribution in [0.3, 0.4) is 0 Å². The van der Waals surface area contributed by atoms with E-state index >= 15 is 0 Å². The van der Waals surface area contributed by atoms with Crippen molar-refractivity contribution >= 4 is 0 Å². The van der Waals surface area contributed by atoms with Gasteiger partial charge in [0.05, 0.1) is 20.8 Å². The van der Waals surface area contributed by atoms with Gasteiger partial charge >= 0.3 is 0 Å². The minimum Gasteiger partial charge on any atom is -0.508 e. The van der Waals surface area contributed by atoms with Crippen molar-refractivity contribution in [2.24, 2.45) is 0 Å². The summed E-state index contributed by atoms with van der Waals surface area (Å²) >= 11 is 0. The van der Waals surface area contributed by atoms with Crippen LogP contribution < -0.4 is 14.2 Å². The normalized spacial score (nSPS) is 25.8. The Morgan fingerprint density at radius 3 is 2.23 bits per heavy atom. The molecule has 1 saturated heterocycles. The first kappa shape index (κ1) is 23.1. The van der Waals surface area contributed by atoms with Gasteiger partial charge in [-0.25, -0.2) is 0 Å². The molecule has 0 radical (unpaired) electrons. The minimum absolute atomic E-state index is 0.0376. The summed E-state index contributed by atoms with van der Waals surface area (Å²) in [6.45, 7) is -0.554. The maximum atomic E-state index is 10.1. The first-order chi connectivity index (χ1) is 14.9. The molecule has 2 aromatic rings. The number of methoxy groups -OCH3 is 2. The van der Waals surface area contributed by atoms with Crippen LogP contribution in [0.5, 0.6) is 23.0 Å². The fourth-order valence-corrected chi connectivity index (χ4v) is 3.48. The van der Waals surface area contributed by atoms with E-state index < -0.39 is 37.3 Å². The summed E-state index contributed by atoms with van der Waals surface area (Å²) in [5, 5.41) is 49.3. The van der Waals surface area contributed by atoms with E-state index in [1.54, 1.807) is 26.4 Å². The van der Waals surface area contributed by atoms with E-state index in [0.29, 0.717) is 24.3 Å². The van der Waals surface area contributed by atoms with E-state index in [2.05, 4.69) is 0 Å². The molecule has 31 heavy (non-hydrogen) atoms. The summed E-state index contributed by atoms with van der Waals surface area (Å²) in [7, 11) is 3.14. The molecule has 3 rings (SSSR count). The van der Waals surface area contributed by atoms with Crippen LogP contribution in [0.1, 0.15) is 11.1 Å². The molecule has 5 atom stereocenters. The van der Waals surface area contributed by atoms with Crippen molar-refractivity contribution in [1.29, 1.82) is 0 Å². The summed E-state index contributed by atoms with van der Waals surface area (Å²) in [5.41, 5.74) is 1.78. The second-order valence-corrected chi connectivity index (χ2v) is 7.34. The first-order valence-corrected chi connectivity index (χ1v) is 9.87. The molecule has 1 heterocycles. The summed E-state index contributed by atoms with van der Waals surface area (Å²) in [4.78, 5) is 0. The zero-order valence-electron chi connectivity index (χ0n) is 17.3. The Kier molecular flexibility index (Phi) is 7.58. The van der Waals surface area contributed by atoms with Gasteiger partial charge in [0, 0.05) is 6.07 Å². The number of hydrogen-bond donors (Lipinski definition) is 5. The Morgan fingerprint density at radius 1 is 0.839 bits per heavy atom. The van der Waals surface area contributed by atoms with Crippen LogP contribution in [0.4, 0.5) is 0 Å². The quantitative estimate of drug-likeness (QED) is 0.397. The highest BCUT2D eigenvalue weighted by Crippen LogP contribution is 2.30. The van der Waals surface area contributed by atoms with Crippen LogP contribution in [0.25, 0.3) is 0 Å². The van der Waals surface area contributed by atoms with E-state index in [4.69, 9.17) is 18.9 Å². The molecule has 9 nitrogen and oxygen atoms in total. The molecule has 0 spiro atoms. The fraction of sp³-hybridized carbons (Fsp3) is 0.455. The molecule has 0 aliphatic carbocycles. The number of rotatable bonds is 8. The van der Waals surface area contributed by atoms with E-state index in [-0.39, 0.29) is 11.5 Å². The van der Waals surface area contributed by atoms with Crippen molar-refractivity contribution in [2.45, 2.75) is 43.5 Å². The second kappa shape index (κ2) is 10.2. The van der Waals surface area contributed by atoms with Gasteiger partial charge in [0.25, 0.3) is 0 Å². The zero-order chi connectivity index (χ0) is 22.5. The van der Waals surface area contributed by atoms with Gasteiger partial charge < -0.3 is 44.5 Å². The molecule has 0 saturated carbocycles. The molecular weight excluding hydrogens is 408 g/mol. The largest absolute Gasteiger partial charge is 0.508 e. The summed E-state index contributed by atoms with van der Waals surface area (Å²) < 4.78 is 21.5. The maximum Gasteiger partial charge on any atom is 0.229 e. The molecular formula is C22H28O9. The standard InChI is InChI=1S/C22H28O9/c1-28-16-6-5-12(9-17(16)29-2)3-4-13-7-14(24)10-15(8-13)30-22-21(27)20(26)19(25)18(11-23)31-22/h5-10,18-27H,3-4,11H2,1-2H3. The lowest BCUT2D eigenvalue weighted by Crippen LogP contribution is -2.60. The van der Waals surface area contributed by atoms with Crippen molar-refractivity contribution in [3.05, 3.63) is 47.5 Å². The molecule has 5 N–H and O–H groups in total. The maximum absolute atomic E-state index is 10.1. The van der Waals surface area contributed by atoms with E-state index in [1.807, 2.05) is 18.2 Å². The van der Waals surface area contributed by atoms with Crippen molar-refractivity contribution in [1.82, 2.24) is 0 Å². The molecule has 170 valence electrons. The zero-order valence-corrected chi connectivity index (χ0v) is 17.3. The van der Waals surface area contributed by atoms with Gasteiger partial charge in [-0.3, -0.25) is 0 Å². The molecule has 1 aliphatic heterocycles. The van der Waals surface area contributed by atoms with Crippen LogP contribution in [-0.4, -0.2) is 77.1 Å². The molecule has 0 bridgehead atoms. The van der Waals surface area contributed by atoms with Crippen LogP contribution >= 0.6 is 0 Å². The Bertz CT molecular complexity index is 870. The van der Waals surface area contributed by atoms with Gasteiger partial charge in [0.1, 0.15) is 35.9 Å². The number of benzene rings is 2. The second-order valence-electron chi connectivity index (χ2n) is 7.34. The van der Waals surface area contributed by atoms with E-state index in [0.717, 1.165) is 11.1 Å². The summed E-state index contributed by atoms with van der Waals surface area (Å²) in [6, 6.07) is 10.3. The predicted octanol–water partition coefficient (Wildman–Crippen LogP) is 0.373. The monoisotopic (exact) mass is 436 g/mol. The van der Waals surface area contributed by atoms with Crippen molar-refractivity contribution in [3.8, 4) is 23.0 Å². The third-order valence-corrected chi connectivity index (χ3v) is 5.20. The molecule has 1 aliphatic rings. The highest BCUT2D eigenvalue weighted by molar-refractivity contribution is 5.43. The number of hydrogen-bond acceptors (Lipinski definition) is 9. The van der Waals surface area contributed by atoms with E-state index in [9.17, 15) is 25.5 Å². The van der Waals surface area contributed by atoms with Gasteiger partial charge in [-0.1, -0.05) is 6.07 Å². The Morgan fingerprint density at radius 2 is 1.55 bits per heavy atom. The Labute approximate surface area is 180 Å². The Balaban J connectivity index is 1.70. The number of aliphatic hydroxyl groups excluding tert-OH is 4. The molecule has 9 heteroatoms. The smallest absolute Gasteiger partial charge is 0.229 e. The topological polar surface area (TPSA) is 138 Å². The number of phenols is 1. The lowest BCUT2D eigenvalue weighted by molar-refractivity contribution is -0.277. The van der Waals surface area contributed by atoms with Crippen molar-refractivity contribution < 1.29 is 44.5 Å². The SMILES string of the molecule is COc1ccc(CCc2cc(O)cc(OC3OC(CO)C(O)C(O)C3O)c2)cc1OC. The van der Waals surface area contributed by atoms with Gasteiger partial charge in [-0.2, -0.15) is 0 Å². The predicted molar refractivity (Wildman–Crippen MR) is 109 cm³/mol. The molecule has 0 amide bonds. The van der Waals surface area contributed by atoms with E-state index in [1.165, 1.54) is 6.07 Å². The number of phenolic OH excluding ortho intramolecular Hbond substituents is 1. The lowest BCUT2D eigenvalue weighted by atomic mass is 9.99. The number of ether oxygens (including phenoxy) is 4. The van der Waals surface area contributed by atoms with Crippen LogP contribution in [-0.2, 0) is 17.6 Å². The highest BCUT2D eigenvalue weighted by Gasteiger charge is 2.44. The molecule has 2 aromatic carbocycles. The van der Waals surface area contributed by atoms with Crippen LogP contribution in [0, 0.1) is 0 Å². The molecule has 5 unspecified atom stereocenters. The van der Waals surface area contributed by atoms with Crippen molar-refractivity contribution in [2.75, 3.05) is 20.8 Å². The minimum atomic E-state index is -1.54. The lowest BCUT2D eigenvalue weighted by Gasteiger charge is -2.39. The van der Waals surface area contributed by atoms with Gasteiger partial charge in [0.15, 0.2) is 11.5 Å². The number of aryl methyl sites for hydroxylation is 2. The third kappa shape index (κ3) is 5.38. The Hall–Kier alpha value is -2.56. The number of aliphatic hydroxyl groups is 4. The van der Waals surface area contributed by atoms with Gasteiger partial charge in [-0.05, 0) is 48.2 Å². The number of aromatic hydroxyl groups is 1. The molecule has 1 fully saturated rings. The van der Waals surface area contributed by atoms with Crippen molar-refractivity contribution in [3.63, 3.8) is 0 Å². The average molecular weight is 436 g/mol. The van der Waals surface area contributed by atoms with Gasteiger partial charge in [-0.15, -0.1) is 0 Å². The third-order valence-electron chi connectivity index (χ3n) is 5.20. The van der Waals surface area contributed by atoms with Gasteiger partial charge in [0.2, 0.25) is 6.29 Å². The molecule has 0 aromatic heterocycles. The fourth-order valence-electron chi connectivity index (χ4n) is 3.48. The average Bonchev–Trinajstić information content (AvgIpc) is 2.77. The van der Waals surface area contributed by atoms with Crippen LogP contribution in [0.2, 0.25) is 0 Å². The highest BCUT2D eigenvalue weighted by atomic mass is 16.7. The first-order valence-electron chi connectivity index (χ1n) is 9.87.